The minimum absolute atomic E-state index is 0.143. The number of aliphatic imine (C=N–C) groups is 1. The quantitative estimate of drug-likeness (QED) is 0.927. The van der Waals surface area contributed by atoms with Gasteiger partial charge in [0, 0.05) is 23.7 Å². The third-order valence-corrected chi connectivity index (χ3v) is 5.79. The minimum atomic E-state index is 0.143. The van der Waals surface area contributed by atoms with Crippen molar-refractivity contribution >= 4 is 5.84 Å². The Morgan fingerprint density at radius 3 is 2.26 bits per heavy atom. The summed E-state index contributed by atoms with van der Waals surface area (Å²) in [6, 6.07) is 7.35. The SMILES string of the molecule is COc1cc(OC)cc(C2=NCC3(C[C@H]4CC[C@@H](C3)N4C)N2)c1. The van der Waals surface area contributed by atoms with Crippen LogP contribution in [0.25, 0.3) is 0 Å². The van der Waals surface area contributed by atoms with Crippen LogP contribution in [0.15, 0.2) is 23.2 Å². The van der Waals surface area contributed by atoms with Gasteiger partial charge in [-0.1, -0.05) is 0 Å². The van der Waals surface area contributed by atoms with Gasteiger partial charge < -0.3 is 19.7 Å². The summed E-state index contributed by atoms with van der Waals surface area (Å²) in [6.07, 6.45) is 5.03. The number of nitrogens with one attached hydrogen (secondary N) is 1. The summed E-state index contributed by atoms with van der Waals surface area (Å²) < 4.78 is 10.8. The van der Waals surface area contributed by atoms with Gasteiger partial charge in [0.25, 0.3) is 0 Å². The van der Waals surface area contributed by atoms with Crippen LogP contribution in [0.4, 0.5) is 0 Å². The van der Waals surface area contributed by atoms with E-state index in [9.17, 15) is 0 Å². The zero-order valence-electron chi connectivity index (χ0n) is 14.1. The Balaban J connectivity index is 1.57. The van der Waals surface area contributed by atoms with E-state index in [1.165, 1.54) is 25.7 Å². The van der Waals surface area contributed by atoms with E-state index >= 15 is 0 Å². The van der Waals surface area contributed by atoms with E-state index in [0.29, 0.717) is 12.1 Å². The molecule has 124 valence electrons. The van der Waals surface area contributed by atoms with Crippen LogP contribution in [0.2, 0.25) is 0 Å². The second kappa shape index (κ2) is 5.41. The molecule has 3 aliphatic rings. The Labute approximate surface area is 137 Å². The molecule has 1 aromatic carbocycles. The molecule has 0 amide bonds. The molecule has 23 heavy (non-hydrogen) atoms. The fourth-order valence-electron chi connectivity index (χ4n) is 4.47. The number of nitrogens with zero attached hydrogens (tertiary/aromatic N) is 2. The molecular formula is C18H25N3O2. The predicted octanol–water partition coefficient (Wildman–Crippen LogP) is 2.05. The smallest absolute Gasteiger partial charge is 0.129 e. The summed E-state index contributed by atoms with van der Waals surface area (Å²) >= 11 is 0. The molecule has 1 N–H and O–H groups in total. The first kappa shape index (κ1) is 14.8. The summed E-state index contributed by atoms with van der Waals surface area (Å²) in [5, 5.41) is 3.76. The van der Waals surface area contributed by atoms with E-state index in [4.69, 9.17) is 14.5 Å². The molecule has 3 heterocycles. The van der Waals surface area contributed by atoms with Crippen molar-refractivity contribution in [1.82, 2.24) is 10.2 Å². The highest BCUT2D eigenvalue weighted by molar-refractivity contribution is 6.01. The highest BCUT2D eigenvalue weighted by Gasteiger charge is 2.49. The number of rotatable bonds is 3. The number of amidine groups is 1. The topological polar surface area (TPSA) is 46.1 Å². The van der Waals surface area contributed by atoms with E-state index in [1.807, 2.05) is 18.2 Å². The largest absolute Gasteiger partial charge is 0.497 e. The first-order chi connectivity index (χ1) is 11.1. The van der Waals surface area contributed by atoms with Crippen LogP contribution in [0, 0.1) is 0 Å². The van der Waals surface area contributed by atoms with Gasteiger partial charge in [0.1, 0.15) is 17.3 Å². The fraction of sp³-hybridized carbons (Fsp3) is 0.611. The molecule has 3 atom stereocenters. The van der Waals surface area contributed by atoms with Gasteiger partial charge in [0.15, 0.2) is 0 Å². The minimum Gasteiger partial charge on any atom is -0.497 e. The first-order valence-corrected chi connectivity index (χ1v) is 8.40. The van der Waals surface area contributed by atoms with Crippen LogP contribution in [-0.2, 0) is 0 Å². The van der Waals surface area contributed by atoms with E-state index in [2.05, 4.69) is 17.3 Å². The third-order valence-electron chi connectivity index (χ3n) is 5.79. The first-order valence-electron chi connectivity index (χ1n) is 8.40. The third kappa shape index (κ3) is 2.47. The number of methoxy groups -OCH3 is 2. The standard InChI is InChI=1S/C18H25N3O2/c1-21-13-4-5-14(21)10-18(9-13)11-19-17(20-18)12-6-15(22-2)8-16(7-12)23-3/h6-8,13-14H,4-5,9-11H2,1-3H3,(H,19,20)/t13-,14+,18?. The lowest BCUT2D eigenvalue weighted by Crippen LogP contribution is -2.57. The predicted molar refractivity (Wildman–Crippen MR) is 90.6 cm³/mol. The number of hydrogen-bond donors (Lipinski definition) is 1. The molecule has 1 aromatic rings. The van der Waals surface area contributed by atoms with Gasteiger partial charge in [-0.05, 0) is 44.9 Å². The summed E-state index contributed by atoms with van der Waals surface area (Å²) in [7, 11) is 5.63. The summed E-state index contributed by atoms with van der Waals surface area (Å²) in [4.78, 5) is 7.40. The number of piperidine rings is 1. The van der Waals surface area contributed by atoms with Gasteiger partial charge in [-0.3, -0.25) is 4.99 Å². The van der Waals surface area contributed by atoms with Gasteiger partial charge in [-0.15, -0.1) is 0 Å². The molecule has 4 rings (SSSR count). The lowest BCUT2D eigenvalue weighted by atomic mass is 9.83. The zero-order valence-corrected chi connectivity index (χ0v) is 14.1. The normalized spacial score (nSPS) is 32.7. The Morgan fingerprint density at radius 2 is 1.70 bits per heavy atom. The maximum Gasteiger partial charge on any atom is 0.129 e. The van der Waals surface area contributed by atoms with Gasteiger partial charge >= 0.3 is 0 Å². The molecule has 0 aromatic heterocycles. The molecule has 0 saturated carbocycles. The molecule has 2 saturated heterocycles. The van der Waals surface area contributed by atoms with Crippen molar-refractivity contribution in [1.29, 1.82) is 0 Å². The van der Waals surface area contributed by atoms with E-state index in [1.54, 1.807) is 14.2 Å². The van der Waals surface area contributed by atoms with Gasteiger partial charge in [0.05, 0.1) is 26.3 Å². The molecular weight excluding hydrogens is 290 g/mol. The van der Waals surface area contributed by atoms with Crippen molar-refractivity contribution in [3.8, 4) is 11.5 Å². The van der Waals surface area contributed by atoms with Crippen molar-refractivity contribution in [3.05, 3.63) is 23.8 Å². The highest BCUT2D eigenvalue weighted by atomic mass is 16.5. The molecule has 1 unspecified atom stereocenters. The Hall–Kier alpha value is -1.75. The molecule has 0 aliphatic carbocycles. The highest BCUT2D eigenvalue weighted by Crippen LogP contribution is 2.41. The molecule has 2 bridgehead atoms. The molecule has 1 spiro atoms. The second-order valence-corrected chi connectivity index (χ2v) is 7.13. The van der Waals surface area contributed by atoms with Crippen molar-refractivity contribution in [2.24, 2.45) is 4.99 Å². The monoisotopic (exact) mass is 315 g/mol. The number of ether oxygens (including phenoxy) is 2. The molecule has 3 aliphatic heterocycles. The van der Waals surface area contributed by atoms with Crippen molar-refractivity contribution in [2.45, 2.75) is 43.3 Å². The van der Waals surface area contributed by atoms with Crippen LogP contribution in [0.1, 0.15) is 31.2 Å². The van der Waals surface area contributed by atoms with Gasteiger partial charge in [-0.2, -0.15) is 0 Å². The Bertz CT molecular complexity index is 607. The van der Waals surface area contributed by atoms with Crippen molar-refractivity contribution in [3.63, 3.8) is 0 Å². The lowest BCUT2D eigenvalue weighted by molar-refractivity contribution is 0.111. The molecule has 5 heteroatoms. The van der Waals surface area contributed by atoms with Crippen LogP contribution in [0.5, 0.6) is 11.5 Å². The average molecular weight is 315 g/mol. The van der Waals surface area contributed by atoms with Gasteiger partial charge in [-0.25, -0.2) is 0 Å². The molecule has 0 radical (unpaired) electrons. The number of fused-ring (bicyclic) bond motifs is 2. The van der Waals surface area contributed by atoms with E-state index in [0.717, 1.165) is 29.4 Å². The van der Waals surface area contributed by atoms with Crippen LogP contribution in [0.3, 0.4) is 0 Å². The number of benzene rings is 1. The van der Waals surface area contributed by atoms with Crippen LogP contribution < -0.4 is 14.8 Å². The maximum atomic E-state index is 5.38. The maximum absolute atomic E-state index is 5.38. The Kier molecular flexibility index (Phi) is 3.48. The molecule has 5 nitrogen and oxygen atoms in total. The fourth-order valence-corrected chi connectivity index (χ4v) is 4.47. The summed E-state index contributed by atoms with van der Waals surface area (Å²) in [5.74, 6) is 2.58. The molecule has 2 fully saturated rings. The summed E-state index contributed by atoms with van der Waals surface area (Å²) in [5.41, 5.74) is 1.19. The average Bonchev–Trinajstić information content (AvgIpc) is 3.06. The second-order valence-electron chi connectivity index (χ2n) is 7.13. The van der Waals surface area contributed by atoms with Crippen molar-refractivity contribution in [2.75, 3.05) is 27.8 Å². The number of hydrogen-bond acceptors (Lipinski definition) is 5. The van der Waals surface area contributed by atoms with Crippen LogP contribution in [-0.4, -0.2) is 56.2 Å². The van der Waals surface area contributed by atoms with Crippen LogP contribution >= 0.6 is 0 Å². The Morgan fingerprint density at radius 1 is 1.09 bits per heavy atom. The van der Waals surface area contributed by atoms with E-state index in [-0.39, 0.29) is 5.54 Å². The van der Waals surface area contributed by atoms with E-state index < -0.39 is 0 Å². The zero-order chi connectivity index (χ0) is 16.0. The van der Waals surface area contributed by atoms with Gasteiger partial charge in [0.2, 0.25) is 0 Å². The lowest BCUT2D eigenvalue weighted by Gasteiger charge is -2.43. The van der Waals surface area contributed by atoms with Crippen molar-refractivity contribution < 1.29 is 9.47 Å². The summed E-state index contributed by atoms with van der Waals surface area (Å²) in [6.45, 7) is 0.878.